The Labute approximate surface area is 124 Å². The number of nitrogens with zero attached hydrogens (tertiary/aromatic N) is 2. The van der Waals surface area contributed by atoms with E-state index >= 15 is 0 Å². The Morgan fingerprint density at radius 1 is 1.00 bits per heavy atom. The van der Waals surface area contributed by atoms with Crippen LogP contribution in [0.15, 0.2) is 48.7 Å². The molecule has 0 aliphatic rings. The van der Waals surface area contributed by atoms with Crippen LogP contribution in [0.1, 0.15) is 5.56 Å². The smallest absolute Gasteiger partial charge is 0.0740 e. The number of para-hydroxylation sites is 1. The summed E-state index contributed by atoms with van der Waals surface area (Å²) in [5, 5.41) is 8.19. The molecule has 0 bridgehead atoms. The molecule has 0 saturated heterocycles. The molecule has 0 amide bonds. The number of pyridine rings is 1. The van der Waals surface area contributed by atoms with Crippen LogP contribution in [0.5, 0.6) is 0 Å². The van der Waals surface area contributed by atoms with E-state index < -0.39 is 0 Å². The molecule has 0 unspecified atom stereocenters. The Morgan fingerprint density at radius 2 is 1.74 bits per heavy atom. The zero-order valence-corrected chi connectivity index (χ0v) is 12.7. The van der Waals surface area contributed by atoms with Crippen LogP contribution in [-0.2, 0) is 20.1 Å². The third-order valence-corrected chi connectivity index (χ3v) is 3.47. The van der Waals surface area contributed by atoms with Crippen LogP contribution in [0.2, 0.25) is 0 Å². The third kappa shape index (κ3) is 1.62. The van der Waals surface area contributed by atoms with Gasteiger partial charge in [0.1, 0.15) is 0 Å². The average molecular weight is 423 g/mol. The normalized spacial score (nSPS) is 11.0. The minimum atomic E-state index is 0. The first kappa shape index (κ1) is 12.3. The van der Waals surface area contributed by atoms with E-state index in [1.807, 2.05) is 22.8 Å². The van der Waals surface area contributed by atoms with Gasteiger partial charge >= 0.3 is 0 Å². The third-order valence-electron chi connectivity index (χ3n) is 3.47. The molecule has 3 heteroatoms. The average Bonchev–Trinajstić information content (AvgIpc) is 2.82. The van der Waals surface area contributed by atoms with Gasteiger partial charge in [0, 0.05) is 20.1 Å². The Hall–Kier alpha value is -1.70. The van der Waals surface area contributed by atoms with E-state index in [-0.39, 0.29) is 20.1 Å². The zero-order chi connectivity index (χ0) is 12.1. The molecule has 2 aromatic heterocycles. The molecule has 0 saturated carbocycles. The van der Waals surface area contributed by atoms with E-state index in [2.05, 4.69) is 48.4 Å². The SMILES string of the molecule is Cc1cnn2c3[c-]cccc3c3ccccc3c12.[Ir]. The topological polar surface area (TPSA) is 17.3 Å². The fraction of sp³-hybridized carbons (Fsp3) is 0.0625. The second kappa shape index (κ2) is 4.44. The predicted octanol–water partition coefficient (Wildman–Crippen LogP) is 3.75. The summed E-state index contributed by atoms with van der Waals surface area (Å²) in [5.41, 5.74) is 3.42. The number of aryl methyl sites for hydroxylation is 1. The predicted molar refractivity (Wildman–Crippen MR) is 73.8 cm³/mol. The summed E-state index contributed by atoms with van der Waals surface area (Å²) < 4.78 is 1.99. The molecule has 0 aliphatic carbocycles. The maximum Gasteiger partial charge on any atom is 0.0740 e. The van der Waals surface area contributed by atoms with Crippen LogP contribution in [0.25, 0.3) is 27.2 Å². The van der Waals surface area contributed by atoms with Crippen LogP contribution in [0.4, 0.5) is 0 Å². The number of aromatic nitrogens is 2. The molecule has 2 aromatic carbocycles. The molecular formula is C16H11IrN2-. The molecule has 4 aromatic rings. The zero-order valence-electron chi connectivity index (χ0n) is 10.3. The molecule has 0 spiro atoms. The summed E-state index contributed by atoms with van der Waals surface area (Å²) in [5.74, 6) is 0. The van der Waals surface area contributed by atoms with E-state index in [1.165, 1.54) is 27.2 Å². The van der Waals surface area contributed by atoms with E-state index in [4.69, 9.17) is 0 Å². The van der Waals surface area contributed by atoms with Gasteiger partial charge in [-0.15, -0.1) is 5.39 Å². The summed E-state index contributed by atoms with van der Waals surface area (Å²) in [7, 11) is 0. The van der Waals surface area contributed by atoms with Gasteiger partial charge in [-0.25, -0.2) is 0 Å². The number of hydrogen-bond acceptors (Lipinski definition) is 1. The number of fused-ring (bicyclic) bond motifs is 6. The standard InChI is InChI=1S/C16H11N2.Ir/c1-11-10-17-18-15-9-5-4-7-13(15)12-6-2-3-8-14(12)16(11)18;/h2-8,10H,1H3;/q-1;. The molecule has 4 rings (SSSR count). The first-order valence-corrected chi connectivity index (χ1v) is 6.02. The largest absolute Gasteiger partial charge is 0.257 e. The van der Waals surface area contributed by atoms with E-state index in [9.17, 15) is 0 Å². The minimum absolute atomic E-state index is 0. The molecule has 2 nitrogen and oxygen atoms in total. The second-order valence-electron chi connectivity index (χ2n) is 4.57. The van der Waals surface area contributed by atoms with Gasteiger partial charge in [0.25, 0.3) is 0 Å². The fourth-order valence-corrected chi connectivity index (χ4v) is 2.67. The molecule has 1 radical (unpaired) electrons. The van der Waals surface area contributed by atoms with Crippen molar-refractivity contribution in [2.45, 2.75) is 6.92 Å². The van der Waals surface area contributed by atoms with Crippen molar-refractivity contribution in [3.8, 4) is 0 Å². The van der Waals surface area contributed by atoms with Crippen LogP contribution < -0.4 is 0 Å². The summed E-state index contributed by atoms with van der Waals surface area (Å²) in [6.07, 6.45) is 1.92. The summed E-state index contributed by atoms with van der Waals surface area (Å²) in [4.78, 5) is 0. The van der Waals surface area contributed by atoms with Crippen LogP contribution in [0, 0.1) is 13.0 Å². The van der Waals surface area contributed by atoms with Crippen molar-refractivity contribution in [1.29, 1.82) is 0 Å². The van der Waals surface area contributed by atoms with Crippen molar-refractivity contribution in [2.24, 2.45) is 0 Å². The van der Waals surface area contributed by atoms with Crippen LogP contribution in [0.3, 0.4) is 0 Å². The van der Waals surface area contributed by atoms with Gasteiger partial charge in [-0.3, -0.25) is 4.52 Å². The molecule has 2 heterocycles. The Balaban J connectivity index is 0.00000110. The maximum atomic E-state index is 4.48. The molecular weight excluding hydrogens is 412 g/mol. The van der Waals surface area contributed by atoms with Crippen molar-refractivity contribution >= 4 is 27.2 Å². The van der Waals surface area contributed by atoms with Gasteiger partial charge in [0.15, 0.2) is 0 Å². The molecule has 0 aliphatic heterocycles. The van der Waals surface area contributed by atoms with Crippen molar-refractivity contribution < 1.29 is 20.1 Å². The van der Waals surface area contributed by atoms with E-state index in [1.54, 1.807) is 0 Å². The Morgan fingerprint density at radius 3 is 2.58 bits per heavy atom. The minimum Gasteiger partial charge on any atom is -0.257 e. The monoisotopic (exact) mass is 424 g/mol. The molecule has 0 N–H and O–H groups in total. The van der Waals surface area contributed by atoms with Gasteiger partial charge in [-0.1, -0.05) is 29.7 Å². The van der Waals surface area contributed by atoms with Gasteiger partial charge in [-0.2, -0.15) is 29.4 Å². The molecule has 0 fully saturated rings. The van der Waals surface area contributed by atoms with Crippen molar-refractivity contribution in [1.82, 2.24) is 9.61 Å². The van der Waals surface area contributed by atoms with Gasteiger partial charge in [0.05, 0.1) is 11.7 Å². The quantitative estimate of drug-likeness (QED) is 0.311. The van der Waals surface area contributed by atoms with Gasteiger partial charge in [-0.05, 0) is 23.4 Å². The first-order valence-electron chi connectivity index (χ1n) is 6.02. The Bertz CT molecular complexity index is 893. The van der Waals surface area contributed by atoms with Crippen LogP contribution in [-0.4, -0.2) is 9.61 Å². The fourth-order valence-electron chi connectivity index (χ4n) is 2.67. The second-order valence-corrected chi connectivity index (χ2v) is 4.57. The molecule has 95 valence electrons. The maximum absolute atomic E-state index is 4.48. The van der Waals surface area contributed by atoms with Crippen LogP contribution >= 0.6 is 0 Å². The van der Waals surface area contributed by atoms with E-state index in [0.717, 1.165) is 5.52 Å². The molecule has 0 atom stereocenters. The van der Waals surface area contributed by atoms with E-state index in [0.29, 0.717) is 0 Å². The number of hydrogen-bond donors (Lipinski definition) is 0. The summed E-state index contributed by atoms with van der Waals surface area (Å²) >= 11 is 0. The van der Waals surface area contributed by atoms with Crippen molar-refractivity contribution in [2.75, 3.05) is 0 Å². The van der Waals surface area contributed by atoms with Gasteiger partial charge in [0.2, 0.25) is 0 Å². The molecule has 19 heavy (non-hydrogen) atoms. The van der Waals surface area contributed by atoms with Gasteiger partial charge < -0.3 is 0 Å². The van der Waals surface area contributed by atoms with Crippen molar-refractivity contribution in [3.05, 3.63) is 60.3 Å². The summed E-state index contributed by atoms with van der Waals surface area (Å²) in [6, 6.07) is 17.9. The van der Waals surface area contributed by atoms with Crippen molar-refractivity contribution in [3.63, 3.8) is 0 Å². The number of benzene rings is 2. The number of rotatable bonds is 0. The summed E-state index contributed by atoms with van der Waals surface area (Å²) in [6.45, 7) is 2.10. The first-order chi connectivity index (χ1) is 8.86. The Kier molecular flexibility index (Phi) is 2.89.